The molecule has 18 heavy (non-hydrogen) atoms. The number of rotatable bonds is 6. The highest BCUT2D eigenvalue weighted by atomic mass is 32.2. The van der Waals surface area contributed by atoms with Crippen molar-refractivity contribution in [3.8, 4) is 0 Å². The lowest BCUT2D eigenvalue weighted by Crippen LogP contribution is -2.36. The molecule has 0 bridgehead atoms. The van der Waals surface area contributed by atoms with Gasteiger partial charge in [-0.15, -0.1) is 11.8 Å². The van der Waals surface area contributed by atoms with Crippen LogP contribution in [0.25, 0.3) is 0 Å². The Morgan fingerprint density at radius 3 is 2.39 bits per heavy atom. The molecule has 0 aromatic carbocycles. The summed E-state index contributed by atoms with van der Waals surface area (Å²) in [5.74, 6) is -0.599. The van der Waals surface area contributed by atoms with Crippen molar-refractivity contribution in [1.82, 2.24) is 5.32 Å². The van der Waals surface area contributed by atoms with E-state index in [1.807, 2.05) is 6.92 Å². The highest BCUT2D eigenvalue weighted by Crippen LogP contribution is 2.18. The van der Waals surface area contributed by atoms with Crippen LogP contribution in [0.5, 0.6) is 0 Å². The van der Waals surface area contributed by atoms with Gasteiger partial charge >= 0.3 is 5.97 Å². The number of nitrogens with one attached hydrogen (secondary N) is 1. The van der Waals surface area contributed by atoms with Crippen molar-refractivity contribution in [2.24, 2.45) is 0 Å². The van der Waals surface area contributed by atoms with Crippen molar-refractivity contribution in [2.45, 2.75) is 63.2 Å². The third-order valence-electron chi connectivity index (χ3n) is 3.28. The zero-order valence-corrected chi connectivity index (χ0v) is 11.8. The molecule has 1 atom stereocenters. The summed E-state index contributed by atoms with van der Waals surface area (Å²) in [6.45, 7) is 1.83. The van der Waals surface area contributed by atoms with Crippen LogP contribution in [0.1, 0.15) is 51.9 Å². The lowest BCUT2D eigenvalue weighted by atomic mass is 10.1. The molecule has 0 radical (unpaired) electrons. The zero-order chi connectivity index (χ0) is 13.4. The first-order valence-corrected chi connectivity index (χ1v) is 7.82. The van der Waals surface area contributed by atoms with Crippen LogP contribution < -0.4 is 5.32 Å². The topological polar surface area (TPSA) is 66.4 Å². The first-order chi connectivity index (χ1) is 8.63. The van der Waals surface area contributed by atoms with E-state index >= 15 is 0 Å². The summed E-state index contributed by atoms with van der Waals surface area (Å²) in [6, 6.07) is 0.297. The summed E-state index contributed by atoms with van der Waals surface area (Å²) >= 11 is 1.22. The molecule has 0 heterocycles. The van der Waals surface area contributed by atoms with Gasteiger partial charge in [-0.05, 0) is 19.3 Å². The Labute approximate surface area is 113 Å². The van der Waals surface area contributed by atoms with E-state index in [-0.39, 0.29) is 11.7 Å². The van der Waals surface area contributed by atoms with Crippen molar-refractivity contribution in [3.63, 3.8) is 0 Å². The summed E-state index contributed by atoms with van der Waals surface area (Å²) in [4.78, 5) is 22.6. The van der Waals surface area contributed by atoms with Gasteiger partial charge in [-0.2, -0.15) is 0 Å². The van der Waals surface area contributed by atoms with Crippen molar-refractivity contribution in [1.29, 1.82) is 0 Å². The van der Waals surface area contributed by atoms with Crippen LogP contribution in [0.4, 0.5) is 0 Å². The molecular weight excluding hydrogens is 250 g/mol. The van der Waals surface area contributed by atoms with Crippen LogP contribution in [-0.2, 0) is 9.59 Å². The van der Waals surface area contributed by atoms with Crippen LogP contribution in [0.2, 0.25) is 0 Å². The van der Waals surface area contributed by atoms with E-state index in [0.717, 1.165) is 12.8 Å². The van der Waals surface area contributed by atoms with E-state index in [1.165, 1.54) is 37.4 Å². The molecule has 0 spiro atoms. The Balaban J connectivity index is 2.25. The number of hydrogen-bond acceptors (Lipinski definition) is 3. The van der Waals surface area contributed by atoms with Crippen molar-refractivity contribution < 1.29 is 14.7 Å². The summed E-state index contributed by atoms with van der Waals surface area (Å²) < 4.78 is 0. The monoisotopic (exact) mass is 273 g/mol. The number of carbonyl (C=O) groups excluding carboxylic acids is 1. The van der Waals surface area contributed by atoms with Crippen LogP contribution in [0.3, 0.4) is 0 Å². The first-order valence-electron chi connectivity index (χ1n) is 6.77. The van der Waals surface area contributed by atoms with Gasteiger partial charge in [0, 0.05) is 6.04 Å². The molecule has 0 aromatic heterocycles. The molecule has 1 aliphatic carbocycles. The fourth-order valence-electron chi connectivity index (χ4n) is 2.23. The van der Waals surface area contributed by atoms with E-state index < -0.39 is 11.2 Å². The molecule has 2 N–H and O–H groups in total. The second-order valence-corrected chi connectivity index (χ2v) is 5.99. The Morgan fingerprint density at radius 2 is 1.89 bits per heavy atom. The number of carboxylic acid groups (broad SMARTS) is 1. The minimum Gasteiger partial charge on any atom is -0.480 e. The van der Waals surface area contributed by atoms with Crippen molar-refractivity contribution in [3.05, 3.63) is 0 Å². The third-order valence-corrected chi connectivity index (χ3v) is 4.65. The van der Waals surface area contributed by atoms with Crippen molar-refractivity contribution >= 4 is 23.6 Å². The molecule has 1 amide bonds. The number of aliphatic carboxylic acids is 1. The zero-order valence-electron chi connectivity index (χ0n) is 11.0. The highest BCUT2D eigenvalue weighted by molar-refractivity contribution is 8.01. The van der Waals surface area contributed by atoms with Crippen LogP contribution >= 0.6 is 11.8 Å². The third kappa shape index (κ3) is 5.76. The molecule has 5 heteroatoms. The maximum atomic E-state index is 11.7. The quantitative estimate of drug-likeness (QED) is 0.729. The minimum atomic E-state index is -0.829. The normalized spacial score (nSPS) is 18.9. The number of carbonyl (C=O) groups is 2. The molecule has 4 nitrogen and oxygen atoms in total. The molecule has 1 saturated carbocycles. The van der Waals surface area contributed by atoms with E-state index in [0.29, 0.717) is 12.5 Å². The van der Waals surface area contributed by atoms with Crippen LogP contribution in [-0.4, -0.2) is 34.0 Å². The van der Waals surface area contributed by atoms with Gasteiger partial charge in [-0.1, -0.05) is 32.6 Å². The minimum absolute atomic E-state index is 0.0217. The SMILES string of the molecule is CCC(SCC(=O)NC1CCCCCC1)C(=O)O. The van der Waals surface area contributed by atoms with E-state index in [4.69, 9.17) is 5.11 Å². The molecular formula is C13H23NO3S. The van der Waals surface area contributed by atoms with Gasteiger partial charge in [0.05, 0.1) is 5.75 Å². The second-order valence-electron chi connectivity index (χ2n) is 4.80. The number of hydrogen-bond donors (Lipinski definition) is 2. The summed E-state index contributed by atoms with van der Waals surface area (Å²) in [6.07, 6.45) is 7.57. The average Bonchev–Trinajstić information content (AvgIpc) is 2.58. The van der Waals surface area contributed by atoms with Gasteiger partial charge in [-0.3, -0.25) is 9.59 Å². The summed E-state index contributed by atoms with van der Waals surface area (Å²) in [7, 11) is 0. The van der Waals surface area contributed by atoms with E-state index in [9.17, 15) is 9.59 Å². The number of amides is 1. The predicted octanol–water partition coefficient (Wildman–Crippen LogP) is 2.42. The van der Waals surface area contributed by atoms with Crippen LogP contribution in [0.15, 0.2) is 0 Å². The molecule has 0 aromatic rings. The largest absolute Gasteiger partial charge is 0.480 e. The maximum Gasteiger partial charge on any atom is 0.316 e. The van der Waals surface area contributed by atoms with Gasteiger partial charge in [0.15, 0.2) is 0 Å². The average molecular weight is 273 g/mol. The number of thioether (sulfide) groups is 1. The molecule has 1 fully saturated rings. The number of carboxylic acids is 1. The Kier molecular flexibility index (Phi) is 7.16. The van der Waals surface area contributed by atoms with Gasteiger partial charge in [0.1, 0.15) is 5.25 Å². The fourth-order valence-corrected chi connectivity index (χ4v) is 3.05. The smallest absolute Gasteiger partial charge is 0.316 e. The van der Waals surface area contributed by atoms with Gasteiger partial charge in [0.25, 0.3) is 0 Å². The lowest BCUT2D eigenvalue weighted by Gasteiger charge is -2.16. The Bertz CT molecular complexity index is 275. The second kappa shape index (κ2) is 8.40. The molecule has 1 aliphatic rings. The summed E-state index contributed by atoms with van der Waals surface area (Å²) in [5.41, 5.74) is 0. The maximum absolute atomic E-state index is 11.7. The Hall–Kier alpha value is -0.710. The van der Waals surface area contributed by atoms with Gasteiger partial charge in [0.2, 0.25) is 5.91 Å². The molecule has 0 aliphatic heterocycles. The van der Waals surface area contributed by atoms with Crippen LogP contribution in [0, 0.1) is 0 Å². The molecule has 1 rings (SSSR count). The molecule has 1 unspecified atom stereocenters. The lowest BCUT2D eigenvalue weighted by molar-refractivity contribution is -0.136. The standard InChI is InChI=1S/C13H23NO3S/c1-2-11(13(16)17)18-9-12(15)14-10-7-5-3-4-6-8-10/h10-11H,2-9H2,1H3,(H,14,15)(H,16,17). The molecule has 104 valence electrons. The summed E-state index contributed by atoms with van der Waals surface area (Å²) in [5, 5.41) is 11.4. The highest BCUT2D eigenvalue weighted by Gasteiger charge is 2.19. The Morgan fingerprint density at radius 1 is 1.28 bits per heavy atom. The van der Waals surface area contributed by atoms with E-state index in [2.05, 4.69) is 5.32 Å². The van der Waals surface area contributed by atoms with Gasteiger partial charge < -0.3 is 10.4 Å². The predicted molar refractivity (Wildman–Crippen MR) is 73.8 cm³/mol. The van der Waals surface area contributed by atoms with Crippen molar-refractivity contribution in [2.75, 3.05) is 5.75 Å². The first kappa shape index (κ1) is 15.3. The fraction of sp³-hybridized carbons (Fsp3) is 0.846. The van der Waals surface area contributed by atoms with Gasteiger partial charge in [-0.25, -0.2) is 0 Å². The van der Waals surface area contributed by atoms with E-state index in [1.54, 1.807) is 0 Å². The molecule has 0 saturated heterocycles.